The number of pyridine rings is 1. The van der Waals surface area contributed by atoms with Crippen LogP contribution in [0.2, 0.25) is 0 Å². The molecule has 6 heteroatoms. The van der Waals surface area contributed by atoms with Crippen molar-refractivity contribution < 1.29 is 4.79 Å². The molecule has 1 aliphatic rings. The van der Waals surface area contributed by atoms with Crippen LogP contribution < -0.4 is 0 Å². The Bertz CT molecular complexity index is 883. The predicted molar refractivity (Wildman–Crippen MR) is 98.8 cm³/mol. The molecular weight excluding hydrogens is 326 g/mol. The molecule has 0 aliphatic carbocycles. The van der Waals surface area contributed by atoms with E-state index in [0.29, 0.717) is 6.54 Å². The molecule has 1 fully saturated rings. The molecule has 0 bridgehead atoms. The maximum absolute atomic E-state index is 13.2. The highest BCUT2D eigenvalue weighted by atomic mass is 16.2. The minimum Gasteiger partial charge on any atom is -0.339 e. The zero-order chi connectivity index (χ0) is 17.9. The summed E-state index contributed by atoms with van der Waals surface area (Å²) in [7, 11) is 0. The molecular formula is C20H23N5O. The van der Waals surface area contributed by atoms with Gasteiger partial charge in [0.25, 0.3) is 5.91 Å². The lowest BCUT2D eigenvalue weighted by Gasteiger charge is -2.25. The number of amides is 1. The smallest absolute Gasteiger partial charge is 0.270 e. The summed E-state index contributed by atoms with van der Waals surface area (Å²) in [5.41, 5.74) is 2.96. The summed E-state index contributed by atoms with van der Waals surface area (Å²) in [6, 6.07) is 7.99. The van der Waals surface area contributed by atoms with Crippen molar-refractivity contribution in [3.63, 3.8) is 0 Å². The average Bonchev–Trinajstić information content (AvgIpc) is 3.38. The van der Waals surface area contributed by atoms with Gasteiger partial charge in [0.15, 0.2) is 0 Å². The van der Waals surface area contributed by atoms with E-state index >= 15 is 0 Å². The zero-order valence-corrected chi connectivity index (χ0v) is 15.0. The summed E-state index contributed by atoms with van der Waals surface area (Å²) in [5, 5.41) is 4.38. The number of hydrogen-bond donors (Lipinski definition) is 0. The standard InChI is InChI=1S/C20H23N5O/c1-16-11-22-24(13-16)15-18-6-3-10-25(18)20(26)19-7-4-9-23(19)14-17-5-2-8-21-12-17/h2,4-5,7-9,11-13,18H,3,6,10,14-15H2,1H3/t18-/m1/s1. The summed E-state index contributed by atoms with van der Waals surface area (Å²) >= 11 is 0. The Morgan fingerprint density at radius 3 is 2.96 bits per heavy atom. The molecule has 0 N–H and O–H groups in total. The average molecular weight is 349 g/mol. The van der Waals surface area contributed by atoms with E-state index < -0.39 is 0 Å². The number of carbonyl (C=O) groups excluding carboxylic acids is 1. The molecule has 4 heterocycles. The first-order valence-corrected chi connectivity index (χ1v) is 9.05. The summed E-state index contributed by atoms with van der Waals surface area (Å²) in [6.07, 6.45) is 11.5. The summed E-state index contributed by atoms with van der Waals surface area (Å²) in [4.78, 5) is 19.4. The summed E-state index contributed by atoms with van der Waals surface area (Å²) in [5.74, 6) is 0.102. The number of nitrogens with zero attached hydrogens (tertiary/aromatic N) is 5. The molecule has 0 aromatic carbocycles. The van der Waals surface area contributed by atoms with Gasteiger partial charge in [-0.05, 0) is 49.1 Å². The zero-order valence-electron chi connectivity index (χ0n) is 15.0. The van der Waals surface area contributed by atoms with Crippen LogP contribution in [0, 0.1) is 6.92 Å². The van der Waals surface area contributed by atoms with Crippen LogP contribution in [-0.4, -0.2) is 42.7 Å². The molecule has 3 aromatic heterocycles. The van der Waals surface area contributed by atoms with Gasteiger partial charge in [-0.15, -0.1) is 0 Å². The van der Waals surface area contributed by atoms with Crippen molar-refractivity contribution in [2.75, 3.05) is 6.54 Å². The SMILES string of the molecule is Cc1cnn(C[C@H]2CCCN2C(=O)c2cccn2Cc2cccnc2)c1. The molecule has 1 amide bonds. The fourth-order valence-electron chi connectivity index (χ4n) is 3.66. The second-order valence-electron chi connectivity index (χ2n) is 6.92. The van der Waals surface area contributed by atoms with Crippen LogP contribution in [0.15, 0.2) is 55.2 Å². The van der Waals surface area contributed by atoms with E-state index in [0.717, 1.165) is 42.8 Å². The van der Waals surface area contributed by atoms with E-state index in [1.165, 1.54) is 0 Å². The molecule has 0 unspecified atom stereocenters. The van der Waals surface area contributed by atoms with Gasteiger partial charge in [-0.2, -0.15) is 5.10 Å². The van der Waals surface area contributed by atoms with Gasteiger partial charge < -0.3 is 9.47 Å². The third-order valence-electron chi connectivity index (χ3n) is 4.92. The maximum Gasteiger partial charge on any atom is 0.270 e. The van der Waals surface area contributed by atoms with E-state index in [9.17, 15) is 4.79 Å². The Labute approximate surface area is 153 Å². The Kier molecular flexibility index (Phi) is 4.56. The molecule has 134 valence electrons. The Morgan fingerprint density at radius 1 is 1.27 bits per heavy atom. The first-order valence-electron chi connectivity index (χ1n) is 9.05. The van der Waals surface area contributed by atoms with Crippen molar-refractivity contribution in [2.45, 2.75) is 38.9 Å². The molecule has 4 rings (SSSR count). The highest BCUT2D eigenvalue weighted by Crippen LogP contribution is 2.22. The van der Waals surface area contributed by atoms with E-state index in [1.54, 1.807) is 6.20 Å². The minimum atomic E-state index is 0.102. The number of aromatic nitrogens is 4. The van der Waals surface area contributed by atoms with Gasteiger partial charge in [-0.3, -0.25) is 14.5 Å². The summed E-state index contributed by atoms with van der Waals surface area (Å²) < 4.78 is 3.95. The number of rotatable bonds is 5. The van der Waals surface area contributed by atoms with Gasteiger partial charge in [0, 0.05) is 37.9 Å². The number of hydrogen-bond acceptors (Lipinski definition) is 3. The number of aryl methyl sites for hydroxylation is 1. The lowest BCUT2D eigenvalue weighted by Crippen LogP contribution is -2.39. The molecule has 0 saturated carbocycles. The van der Waals surface area contributed by atoms with Crippen LogP contribution >= 0.6 is 0 Å². The van der Waals surface area contributed by atoms with Gasteiger partial charge in [-0.25, -0.2) is 0 Å². The van der Waals surface area contributed by atoms with Crippen molar-refractivity contribution >= 4 is 5.91 Å². The first-order chi connectivity index (χ1) is 12.7. The Morgan fingerprint density at radius 2 is 2.19 bits per heavy atom. The molecule has 0 spiro atoms. The topological polar surface area (TPSA) is 56.0 Å². The molecule has 1 saturated heterocycles. The van der Waals surface area contributed by atoms with Crippen molar-refractivity contribution in [1.29, 1.82) is 0 Å². The van der Waals surface area contributed by atoms with E-state index in [2.05, 4.69) is 10.1 Å². The Balaban J connectivity index is 1.51. The largest absolute Gasteiger partial charge is 0.339 e. The highest BCUT2D eigenvalue weighted by Gasteiger charge is 2.31. The molecule has 0 radical (unpaired) electrons. The van der Waals surface area contributed by atoms with Crippen molar-refractivity contribution in [3.8, 4) is 0 Å². The van der Waals surface area contributed by atoms with Crippen LogP contribution in [-0.2, 0) is 13.1 Å². The van der Waals surface area contributed by atoms with Crippen molar-refractivity contribution in [3.05, 3.63) is 72.1 Å². The van der Waals surface area contributed by atoms with E-state index in [4.69, 9.17) is 0 Å². The highest BCUT2D eigenvalue weighted by molar-refractivity contribution is 5.93. The maximum atomic E-state index is 13.2. The molecule has 1 atom stereocenters. The van der Waals surface area contributed by atoms with Gasteiger partial charge in [0.1, 0.15) is 5.69 Å². The van der Waals surface area contributed by atoms with Crippen molar-refractivity contribution in [2.24, 2.45) is 0 Å². The van der Waals surface area contributed by atoms with Crippen LogP contribution in [0.5, 0.6) is 0 Å². The van der Waals surface area contributed by atoms with Crippen LogP contribution in [0.25, 0.3) is 0 Å². The molecule has 26 heavy (non-hydrogen) atoms. The third kappa shape index (κ3) is 3.40. The number of carbonyl (C=O) groups is 1. The molecule has 3 aromatic rings. The lowest BCUT2D eigenvalue weighted by atomic mass is 10.2. The predicted octanol–water partition coefficient (Wildman–Crippen LogP) is 2.74. The first kappa shape index (κ1) is 16.6. The summed E-state index contributed by atoms with van der Waals surface area (Å²) in [6.45, 7) is 4.25. The van der Waals surface area contributed by atoms with Gasteiger partial charge >= 0.3 is 0 Å². The monoisotopic (exact) mass is 349 g/mol. The van der Waals surface area contributed by atoms with Crippen LogP contribution in [0.1, 0.15) is 34.5 Å². The second-order valence-corrected chi connectivity index (χ2v) is 6.92. The molecule has 6 nitrogen and oxygen atoms in total. The van der Waals surface area contributed by atoms with Crippen molar-refractivity contribution in [1.82, 2.24) is 24.2 Å². The lowest BCUT2D eigenvalue weighted by molar-refractivity contribution is 0.0711. The van der Waals surface area contributed by atoms with E-state index in [-0.39, 0.29) is 11.9 Å². The van der Waals surface area contributed by atoms with E-state index in [1.807, 2.05) is 70.1 Å². The van der Waals surface area contributed by atoms with Gasteiger partial charge in [-0.1, -0.05) is 6.07 Å². The quantitative estimate of drug-likeness (QED) is 0.712. The minimum absolute atomic E-state index is 0.102. The third-order valence-corrected chi connectivity index (χ3v) is 4.92. The fraction of sp³-hybridized carbons (Fsp3) is 0.350. The van der Waals surface area contributed by atoms with Crippen LogP contribution in [0.3, 0.4) is 0 Å². The second kappa shape index (κ2) is 7.15. The van der Waals surface area contributed by atoms with Gasteiger partial charge in [0.05, 0.1) is 18.8 Å². The molecule has 1 aliphatic heterocycles. The fourth-order valence-corrected chi connectivity index (χ4v) is 3.66. The Hall–Kier alpha value is -2.89. The number of likely N-dealkylation sites (tertiary alicyclic amines) is 1. The normalized spacial score (nSPS) is 17.0. The van der Waals surface area contributed by atoms with Crippen LogP contribution in [0.4, 0.5) is 0 Å². The van der Waals surface area contributed by atoms with Gasteiger partial charge in [0.2, 0.25) is 0 Å².